The number of nitrogens with one attached hydrogen (secondary N) is 2. The molecule has 0 aliphatic carbocycles. The third-order valence-electron chi connectivity index (χ3n) is 7.84. The number of carbonyl (C=O) groups excluding carboxylic acids is 4. The van der Waals surface area contributed by atoms with E-state index in [2.05, 4.69) is 10.6 Å². The predicted molar refractivity (Wildman–Crippen MR) is 175 cm³/mol. The number of aromatic hydroxyl groups is 2. The van der Waals surface area contributed by atoms with E-state index in [9.17, 15) is 29.4 Å². The number of ether oxygens (including phenoxy) is 2. The zero-order valence-electron chi connectivity index (χ0n) is 29.0. The van der Waals surface area contributed by atoms with Gasteiger partial charge in [-0.25, -0.2) is 9.59 Å². The van der Waals surface area contributed by atoms with Crippen LogP contribution < -0.4 is 10.6 Å². The standard InChI is InChI=1S/C35H49N3O8/c1-18-29(41)37-25(31(43)45-12)15-19-13-21(27(39)23(14-19)33(2,3)4)22-16-20(17-24(28(22)40)34(5,6)7)26(30(42)36-18)38(11)32(44)46-35(8,9)10/h13-14,16-18,25-26,39-40H,15H2,1-12H3,(H,36,42)(H,37,41)/t18-,25-,26-/m0/s1. The fourth-order valence-electron chi connectivity index (χ4n) is 5.40. The van der Waals surface area contributed by atoms with E-state index in [0.717, 1.165) is 4.90 Å². The number of nitrogens with zero attached hydrogens (tertiary/aromatic N) is 1. The van der Waals surface area contributed by atoms with Crippen molar-refractivity contribution in [2.45, 2.75) is 110 Å². The van der Waals surface area contributed by atoms with E-state index in [4.69, 9.17) is 9.47 Å². The molecule has 3 amide bonds. The van der Waals surface area contributed by atoms with Crippen molar-refractivity contribution < 1.29 is 38.9 Å². The summed E-state index contributed by atoms with van der Waals surface area (Å²) in [6.45, 7) is 18.0. The molecular weight excluding hydrogens is 590 g/mol. The molecule has 11 heteroatoms. The summed E-state index contributed by atoms with van der Waals surface area (Å²) in [7, 11) is 2.63. The van der Waals surface area contributed by atoms with Crippen molar-refractivity contribution in [1.29, 1.82) is 0 Å². The summed E-state index contributed by atoms with van der Waals surface area (Å²) in [6, 6.07) is 3.07. The summed E-state index contributed by atoms with van der Waals surface area (Å²) in [6.07, 6.45) is -0.783. The van der Waals surface area contributed by atoms with Crippen LogP contribution in [-0.2, 0) is 41.1 Å². The Kier molecular flexibility index (Phi) is 10.1. The molecule has 11 nitrogen and oxygen atoms in total. The minimum atomic E-state index is -1.32. The Morgan fingerprint density at radius 3 is 1.85 bits per heavy atom. The van der Waals surface area contributed by atoms with E-state index >= 15 is 0 Å². The zero-order chi connectivity index (χ0) is 35.1. The largest absolute Gasteiger partial charge is 0.507 e. The maximum Gasteiger partial charge on any atom is 0.410 e. The highest BCUT2D eigenvalue weighted by Crippen LogP contribution is 2.47. The molecule has 4 bridgehead atoms. The van der Waals surface area contributed by atoms with Gasteiger partial charge in [0.1, 0.15) is 35.2 Å². The van der Waals surface area contributed by atoms with Crippen LogP contribution in [0.5, 0.6) is 11.5 Å². The van der Waals surface area contributed by atoms with Crippen molar-refractivity contribution in [2.75, 3.05) is 14.2 Å². The molecule has 46 heavy (non-hydrogen) atoms. The smallest absolute Gasteiger partial charge is 0.410 e. The lowest BCUT2D eigenvalue weighted by atomic mass is 9.79. The van der Waals surface area contributed by atoms with Gasteiger partial charge in [-0.15, -0.1) is 0 Å². The molecule has 4 N–H and O–H groups in total. The highest BCUT2D eigenvalue weighted by molar-refractivity contribution is 5.94. The Balaban J connectivity index is 2.50. The number of benzene rings is 2. The van der Waals surface area contributed by atoms with Crippen molar-refractivity contribution in [3.8, 4) is 22.6 Å². The van der Waals surface area contributed by atoms with Crippen LogP contribution in [0.4, 0.5) is 4.79 Å². The molecule has 2 aromatic rings. The topological polar surface area (TPSA) is 154 Å². The highest BCUT2D eigenvalue weighted by Gasteiger charge is 2.37. The van der Waals surface area contributed by atoms with E-state index in [0.29, 0.717) is 22.3 Å². The van der Waals surface area contributed by atoms with Crippen LogP contribution in [0.2, 0.25) is 0 Å². The number of fused-ring (bicyclic) bond motifs is 5. The second kappa shape index (κ2) is 12.8. The average molecular weight is 640 g/mol. The lowest BCUT2D eigenvalue weighted by molar-refractivity contribution is -0.145. The molecule has 1 aliphatic rings. The molecule has 2 aromatic carbocycles. The van der Waals surface area contributed by atoms with Gasteiger partial charge < -0.3 is 30.3 Å². The number of likely N-dealkylation sites (N-methyl/N-ethyl adjacent to an activating group) is 1. The molecule has 3 atom stereocenters. The lowest BCUT2D eigenvalue weighted by Crippen LogP contribution is -2.53. The second-order valence-electron chi connectivity index (χ2n) is 15.0. The maximum absolute atomic E-state index is 14.1. The quantitative estimate of drug-likeness (QED) is 0.335. The summed E-state index contributed by atoms with van der Waals surface area (Å²) < 4.78 is 10.6. The first-order chi connectivity index (χ1) is 21.0. The van der Waals surface area contributed by atoms with Crippen LogP contribution >= 0.6 is 0 Å². The van der Waals surface area contributed by atoms with E-state index in [-0.39, 0.29) is 29.0 Å². The summed E-state index contributed by atoms with van der Waals surface area (Å²) in [5.74, 6) is -2.25. The van der Waals surface area contributed by atoms with Crippen LogP contribution in [0.15, 0.2) is 24.3 Å². The lowest BCUT2D eigenvalue weighted by Gasteiger charge is -2.33. The van der Waals surface area contributed by atoms with Crippen LogP contribution in [0.25, 0.3) is 11.1 Å². The van der Waals surface area contributed by atoms with Gasteiger partial charge in [0, 0.05) is 35.7 Å². The first kappa shape index (κ1) is 36.2. The number of carbonyl (C=O) groups is 4. The molecule has 0 saturated carbocycles. The van der Waals surface area contributed by atoms with E-state index in [1.54, 1.807) is 45.0 Å². The molecule has 1 heterocycles. The summed E-state index contributed by atoms with van der Waals surface area (Å²) in [4.78, 5) is 54.8. The van der Waals surface area contributed by atoms with E-state index in [1.165, 1.54) is 21.1 Å². The molecule has 252 valence electrons. The number of methoxy groups -OCH3 is 1. The first-order valence-electron chi connectivity index (χ1n) is 15.3. The number of phenols is 2. The molecule has 0 spiro atoms. The Morgan fingerprint density at radius 2 is 1.35 bits per heavy atom. The van der Waals surface area contributed by atoms with Gasteiger partial charge >= 0.3 is 12.1 Å². The van der Waals surface area contributed by atoms with Crippen LogP contribution in [-0.4, -0.2) is 70.8 Å². The molecule has 1 aliphatic heterocycles. The van der Waals surface area contributed by atoms with E-state index < -0.39 is 58.4 Å². The van der Waals surface area contributed by atoms with Gasteiger partial charge in [-0.3, -0.25) is 14.5 Å². The molecule has 0 aromatic heterocycles. The van der Waals surface area contributed by atoms with Crippen molar-refractivity contribution >= 4 is 23.9 Å². The summed E-state index contributed by atoms with van der Waals surface area (Å²) >= 11 is 0. The van der Waals surface area contributed by atoms with Gasteiger partial charge in [-0.2, -0.15) is 0 Å². The predicted octanol–water partition coefficient (Wildman–Crippen LogP) is 4.99. The maximum atomic E-state index is 14.1. The van der Waals surface area contributed by atoms with Crippen molar-refractivity contribution in [2.24, 2.45) is 0 Å². The minimum absolute atomic E-state index is 0.00598. The van der Waals surface area contributed by atoms with E-state index in [1.807, 2.05) is 41.5 Å². The van der Waals surface area contributed by atoms with Gasteiger partial charge in [0.25, 0.3) is 0 Å². The Hall–Kier alpha value is -4.28. The molecule has 0 unspecified atom stereocenters. The third-order valence-corrected chi connectivity index (χ3v) is 7.84. The summed E-state index contributed by atoms with van der Waals surface area (Å²) in [5.41, 5.74) is 0.312. The molecule has 0 fully saturated rings. The molecule has 0 saturated heterocycles. The number of amides is 3. The molecule has 3 rings (SSSR count). The Bertz CT molecular complexity index is 1530. The number of phenolic OH excluding ortho intramolecular Hbond substituents is 2. The first-order valence-corrected chi connectivity index (χ1v) is 15.3. The van der Waals surface area contributed by atoms with Crippen LogP contribution in [0, 0.1) is 0 Å². The monoisotopic (exact) mass is 639 g/mol. The van der Waals surface area contributed by atoms with Gasteiger partial charge in [-0.1, -0.05) is 47.6 Å². The third kappa shape index (κ3) is 7.92. The zero-order valence-corrected chi connectivity index (χ0v) is 29.0. The molecular formula is C35H49N3O8. The van der Waals surface area contributed by atoms with Gasteiger partial charge in [0.2, 0.25) is 11.8 Å². The van der Waals surface area contributed by atoms with Crippen molar-refractivity contribution in [3.63, 3.8) is 0 Å². The number of rotatable bonds is 2. The van der Waals surface area contributed by atoms with Crippen LogP contribution in [0.3, 0.4) is 0 Å². The highest BCUT2D eigenvalue weighted by atomic mass is 16.6. The SMILES string of the molecule is COC(=O)[C@@H]1Cc2cc(c(O)c(C(C)(C)C)c2)-c2cc(cc(C(C)(C)C)c2O)[C@H](N(C)C(=O)OC(C)(C)C)C(=O)N[C@@H](C)C(=O)N1. The molecule has 0 radical (unpaired) electrons. The fraction of sp³-hybridized carbons (Fsp3) is 0.543. The van der Waals surface area contributed by atoms with Gasteiger partial charge in [0.05, 0.1) is 7.11 Å². The van der Waals surface area contributed by atoms with Crippen molar-refractivity contribution in [3.05, 3.63) is 46.5 Å². The number of hydrogen-bond acceptors (Lipinski definition) is 8. The van der Waals surface area contributed by atoms with Crippen molar-refractivity contribution in [1.82, 2.24) is 15.5 Å². The fourth-order valence-corrected chi connectivity index (χ4v) is 5.40. The average Bonchev–Trinajstić information content (AvgIpc) is 2.91. The van der Waals surface area contributed by atoms with Gasteiger partial charge in [0.15, 0.2) is 0 Å². The number of hydrogen-bond donors (Lipinski definition) is 4. The number of esters is 1. The Labute approximate surface area is 271 Å². The normalized spacial score (nSPS) is 19.3. The van der Waals surface area contributed by atoms with Crippen LogP contribution in [0.1, 0.15) is 97.5 Å². The minimum Gasteiger partial charge on any atom is -0.507 e. The Morgan fingerprint density at radius 1 is 0.826 bits per heavy atom. The second-order valence-corrected chi connectivity index (χ2v) is 15.0. The van der Waals surface area contributed by atoms with Gasteiger partial charge in [-0.05, 0) is 67.9 Å². The summed E-state index contributed by atoms with van der Waals surface area (Å²) in [5, 5.41) is 28.9.